The van der Waals surface area contributed by atoms with Gasteiger partial charge in [-0.15, -0.1) is 0 Å². The molecule has 0 aromatic heterocycles. The molecule has 0 saturated heterocycles. The molecule has 0 unspecified atom stereocenters. The normalized spacial score (nSPS) is 11.1. The molecule has 0 aliphatic rings. The van der Waals surface area contributed by atoms with Gasteiger partial charge in [-0.05, 0) is 30.7 Å². The lowest BCUT2D eigenvalue weighted by Crippen LogP contribution is -2.23. The number of hydrogen-bond donors (Lipinski definition) is 2. The highest BCUT2D eigenvalue weighted by Gasteiger charge is 2.02. The summed E-state index contributed by atoms with van der Waals surface area (Å²) in [4.78, 5) is 22.4. The van der Waals surface area contributed by atoms with Crippen LogP contribution >= 0.6 is 0 Å². The first-order chi connectivity index (χ1) is 9.13. The predicted octanol–water partition coefficient (Wildman–Crippen LogP) is 1.58. The molecule has 0 aliphatic heterocycles. The molecule has 100 valence electrons. The first-order valence-electron chi connectivity index (χ1n) is 6.04. The van der Waals surface area contributed by atoms with Crippen molar-refractivity contribution in [2.75, 3.05) is 6.54 Å². The van der Waals surface area contributed by atoms with Gasteiger partial charge in [0.25, 0.3) is 5.91 Å². The van der Waals surface area contributed by atoms with Gasteiger partial charge in [0.2, 0.25) is 0 Å². The lowest BCUT2D eigenvalue weighted by Gasteiger charge is -2.03. The number of carbonyl (C=O) groups is 2. The second-order valence-corrected chi connectivity index (χ2v) is 4.01. The molecule has 0 fully saturated rings. The fraction of sp³-hybridized carbons (Fsp3) is 0.200. The predicted molar refractivity (Wildman–Crippen MR) is 75.6 cm³/mol. The van der Waals surface area contributed by atoms with E-state index < -0.39 is 0 Å². The van der Waals surface area contributed by atoms with Crippen LogP contribution in [-0.4, -0.2) is 18.2 Å². The minimum Gasteiger partial charge on any atom is -0.349 e. The van der Waals surface area contributed by atoms with E-state index in [1.165, 1.54) is 13.0 Å². The van der Waals surface area contributed by atoms with E-state index in [1.54, 1.807) is 30.4 Å². The second kappa shape index (κ2) is 8.00. The van der Waals surface area contributed by atoms with Crippen LogP contribution in [0.2, 0.25) is 0 Å². The van der Waals surface area contributed by atoms with Gasteiger partial charge in [0.05, 0.1) is 0 Å². The highest BCUT2D eigenvalue weighted by atomic mass is 16.1. The van der Waals surface area contributed by atoms with Crippen molar-refractivity contribution in [1.82, 2.24) is 5.32 Å². The van der Waals surface area contributed by atoms with Crippen LogP contribution in [0.4, 0.5) is 0 Å². The number of rotatable bonds is 6. The minimum absolute atomic E-state index is 0.00585. The Morgan fingerprint density at radius 3 is 2.47 bits per heavy atom. The van der Waals surface area contributed by atoms with Gasteiger partial charge in [0.15, 0.2) is 5.78 Å². The molecule has 1 rings (SSSR count). The SMILES string of the molecule is CC(=O)/C=C/C=C/CNC(=O)c1ccc(CN)cc1. The summed E-state index contributed by atoms with van der Waals surface area (Å²) in [5.41, 5.74) is 7.08. The summed E-state index contributed by atoms with van der Waals surface area (Å²) >= 11 is 0. The Bertz CT molecular complexity index is 487. The molecular formula is C15H18N2O2. The molecule has 0 bridgehead atoms. The fourth-order valence-electron chi connectivity index (χ4n) is 1.38. The molecule has 1 aromatic carbocycles. The van der Waals surface area contributed by atoms with Crippen molar-refractivity contribution in [2.45, 2.75) is 13.5 Å². The third-order valence-corrected chi connectivity index (χ3v) is 2.41. The van der Waals surface area contributed by atoms with E-state index in [1.807, 2.05) is 12.1 Å². The van der Waals surface area contributed by atoms with Crippen molar-refractivity contribution in [2.24, 2.45) is 5.73 Å². The fourth-order valence-corrected chi connectivity index (χ4v) is 1.38. The van der Waals surface area contributed by atoms with E-state index in [0.29, 0.717) is 18.7 Å². The Hall–Kier alpha value is -2.20. The summed E-state index contributed by atoms with van der Waals surface area (Å²) in [5, 5.41) is 2.75. The Kier molecular flexibility index (Phi) is 6.26. The van der Waals surface area contributed by atoms with E-state index >= 15 is 0 Å². The third kappa shape index (κ3) is 5.79. The molecule has 4 heteroatoms. The maximum atomic E-state index is 11.7. The summed E-state index contributed by atoms with van der Waals surface area (Å²) < 4.78 is 0. The lowest BCUT2D eigenvalue weighted by atomic mass is 10.1. The largest absolute Gasteiger partial charge is 0.349 e. The van der Waals surface area contributed by atoms with Crippen LogP contribution < -0.4 is 11.1 Å². The van der Waals surface area contributed by atoms with Crippen LogP contribution in [0.3, 0.4) is 0 Å². The summed E-state index contributed by atoms with van der Waals surface area (Å²) in [6, 6.07) is 7.16. The topological polar surface area (TPSA) is 72.2 Å². The summed E-state index contributed by atoms with van der Waals surface area (Å²) in [6.45, 7) is 2.37. The summed E-state index contributed by atoms with van der Waals surface area (Å²) in [5.74, 6) is -0.141. The Morgan fingerprint density at radius 1 is 1.21 bits per heavy atom. The quantitative estimate of drug-likeness (QED) is 0.601. The van der Waals surface area contributed by atoms with Gasteiger partial charge in [-0.1, -0.05) is 30.4 Å². The number of nitrogens with one attached hydrogen (secondary N) is 1. The Morgan fingerprint density at radius 2 is 1.89 bits per heavy atom. The van der Waals surface area contributed by atoms with Gasteiger partial charge >= 0.3 is 0 Å². The molecule has 0 heterocycles. The van der Waals surface area contributed by atoms with Crippen LogP contribution in [0.1, 0.15) is 22.8 Å². The van der Waals surface area contributed by atoms with Gasteiger partial charge in [0.1, 0.15) is 0 Å². The molecule has 1 amide bonds. The summed E-state index contributed by atoms with van der Waals surface area (Å²) in [7, 11) is 0. The lowest BCUT2D eigenvalue weighted by molar-refractivity contribution is -0.112. The van der Waals surface area contributed by atoms with Gasteiger partial charge in [0, 0.05) is 18.7 Å². The number of carbonyl (C=O) groups excluding carboxylic acids is 2. The zero-order valence-electron chi connectivity index (χ0n) is 10.9. The second-order valence-electron chi connectivity index (χ2n) is 4.01. The Labute approximate surface area is 113 Å². The molecule has 1 aromatic rings. The zero-order valence-corrected chi connectivity index (χ0v) is 10.9. The molecule has 19 heavy (non-hydrogen) atoms. The van der Waals surface area contributed by atoms with Crippen molar-refractivity contribution in [3.05, 3.63) is 59.7 Å². The Balaban J connectivity index is 2.40. The molecule has 0 atom stereocenters. The van der Waals surface area contributed by atoms with E-state index in [2.05, 4.69) is 5.32 Å². The third-order valence-electron chi connectivity index (χ3n) is 2.41. The summed E-state index contributed by atoms with van der Waals surface area (Å²) in [6.07, 6.45) is 6.60. The number of hydrogen-bond acceptors (Lipinski definition) is 3. The number of benzene rings is 1. The van der Waals surface area contributed by atoms with Crippen LogP contribution in [-0.2, 0) is 11.3 Å². The zero-order chi connectivity index (χ0) is 14.1. The average molecular weight is 258 g/mol. The van der Waals surface area contributed by atoms with Gasteiger partial charge in [-0.3, -0.25) is 9.59 Å². The number of ketones is 1. The standard InChI is InChI=1S/C15H18N2O2/c1-12(18)5-3-2-4-10-17-15(19)14-8-6-13(11-16)7-9-14/h2-9H,10-11,16H2,1H3,(H,17,19)/b4-2+,5-3+. The van der Waals surface area contributed by atoms with E-state index in [0.717, 1.165) is 5.56 Å². The highest BCUT2D eigenvalue weighted by Crippen LogP contribution is 2.03. The monoisotopic (exact) mass is 258 g/mol. The van der Waals surface area contributed by atoms with Gasteiger partial charge in [-0.25, -0.2) is 0 Å². The first kappa shape index (κ1) is 14.9. The maximum absolute atomic E-state index is 11.7. The number of allylic oxidation sites excluding steroid dienone is 3. The number of nitrogens with two attached hydrogens (primary N) is 1. The van der Waals surface area contributed by atoms with Gasteiger partial charge < -0.3 is 11.1 Å². The molecule has 0 aliphatic carbocycles. The van der Waals surface area contributed by atoms with Crippen molar-refractivity contribution in [3.8, 4) is 0 Å². The maximum Gasteiger partial charge on any atom is 0.251 e. The van der Waals surface area contributed by atoms with Crippen LogP contribution in [0.5, 0.6) is 0 Å². The van der Waals surface area contributed by atoms with Crippen LogP contribution in [0, 0.1) is 0 Å². The van der Waals surface area contributed by atoms with Crippen LogP contribution in [0.25, 0.3) is 0 Å². The highest BCUT2D eigenvalue weighted by molar-refractivity contribution is 5.94. The first-order valence-corrected chi connectivity index (χ1v) is 6.04. The molecule has 0 radical (unpaired) electrons. The molecule has 0 saturated carbocycles. The smallest absolute Gasteiger partial charge is 0.251 e. The molecule has 3 N–H and O–H groups in total. The minimum atomic E-state index is -0.135. The molecule has 0 spiro atoms. The van der Waals surface area contributed by atoms with E-state index in [-0.39, 0.29) is 11.7 Å². The van der Waals surface area contributed by atoms with Crippen molar-refractivity contribution in [1.29, 1.82) is 0 Å². The number of amides is 1. The molecular weight excluding hydrogens is 240 g/mol. The molecule has 4 nitrogen and oxygen atoms in total. The average Bonchev–Trinajstić information content (AvgIpc) is 2.42. The van der Waals surface area contributed by atoms with Crippen molar-refractivity contribution in [3.63, 3.8) is 0 Å². The van der Waals surface area contributed by atoms with Gasteiger partial charge in [-0.2, -0.15) is 0 Å². The van der Waals surface area contributed by atoms with Crippen molar-refractivity contribution < 1.29 is 9.59 Å². The van der Waals surface area contributed by atoms with E-state index in [4.69, 9.17) is 5.73 Å². The van der Waals surface area contributed by atoms with Crippen molar-refractivity contribution >= 4 is 11.7 Å². The van der Waals surface area contributed by atoms with E-state index in [9.17, 15) is 9.59 Å². The van der Waals surface area contributed by atoms with Crippen LogP contribution in [0.15, 0.2) is 48.6 Å².